The number of fused-ring (bicyclic) bond motifs is 6. The molecule has 0 aromatic heterocycles. The molecule has 9 atom stereocenters. The molecule has 3 saturated carbocycles. The highest BCUT2D eigenvalue weighted by Crippen LogP contribution is 2.67. The van der Waals surface area contributed by atoms with Gasteiger partial charge in [0.2, 0.25) is 0 Å². The van der Waals surface area contributed by atoms with E-state index in [1.165, 1.54) is 51.4 Å². The molecule has 3 nitrogen and oxygen atoms in total. The molecular formula is C41H58O3. The number of carbonyl (C=O) groups is 1. The molecule has 240 valence electrons. The molecular weight excluding hydrogens is 540 g/mol. The molecule has 3 heteroatoms. The van der Waals surface area contributed by atoms with Gasteiger partial charge in [-0.05, 0) is 109 Å². The van der Waals surface area contributed by atoms with Gasteiger partial charge in [-0.15, -0.1) is 0 Å². The Morgan fingerprint density at radius 1 is 0.955 bits per heavy atom. The summed E-state index contributed by atoms with van der Waals surface area (Å²) in [5, 5.41) is 2.14. The lowest BCUT2D eigenvalue weighted by molar-refractivity contribution is -0.176. The molecule has 6 rings (SSSR count). The second-order valence-electron chi connectivity index (χ2n) is 16.3. The van der Waals surface area contributed by atoms with Crippen molar-refractivity contribution in [2.45, 2.75) is 124 Å². The van der Waals surface area contributed by atoms with Crippen LogP contribution in [0.2, 0.25) is 0 Å². The minimum Gasteiger partial charge on any atom is -0.460 e. The maximum absolute atomic E-state index is 13.9. The lowest BCUT2D eigenvalue weighted by Gasteiger charge is -2.58. The molecule has 3 fully saturated rings. The molecule has 4 aliphatic carbocycles. The van der Waals surface area contributed by atoms with Crippen LogP contribution in [0.15, 0.2) is 54.1 Å². The Kier molecular flexibility index (Phi) is 8.85. The summed E-state index contributed by atoms with van der Waals surface area (Å²) in [7, 11) is 1.63. The van der Waals surface area contributed by atoms with Crippen LogP contribution in [0, 0.1) is 46.3 Å². The highest BCUT2D eigenvalue weighted by atomic mass is 16.6. The highest BCUT2D eigenvalue weighted by molar-refractivity contribution is 5.92. The fourth-order valence-electron chi connectivity index (χ4n) is 11.0. The van der Waals surface area contributed by atoms with Crippen LogP contribution in [0.5, 0.6) is 0 Å². The Morgan fingerprint density at radius 3 is 2.50 bits per heavy atom. The summed E-state index contributed by atoms with van der Waals surface area (Å²) in [4.78, 5) is 13.9. The molecule has 0 amide bonds. The molecule has 1 unspecified atom stereocenters. The number of allylic oxidation sites excluding steroid dienone is 1. The molecule has 0 N–H and O–H groups in total. The van der Waals surface area contributed by atoms with E-state index in [-0.39, 0.29) is 17.5 Å². The van der Waals surface area contributed by atoms with Crippen molar-refractivity contribution in [1.29, 1.82) is 0 Å². The van der Waals surface area contributed by atoms with Gasteiger partial charge in [-0.2, -0.15) is 0 Å². The summed E-state index contributed by atoms with van der Waals surface area (Å²) in [6.07, 6.45) is 16.5. The third kappa shape index (κ3) is 5.37. The van der Waals surface area contributed by atoms with Gasteiger partial charge < -0.3 is 9.47 Å². The van der Waals surface area contributed by atoms with Crippen LogP contribution in [-0.2, 0) is 19.9 Å². The molecule has 2 aromatic rings. The number of esters is 1. The summed E-state index contributed by atoms with van der Waals surface area (Å²) < 4.78 is 12.3. The van der Waals surface area contributed by atoms with Crippen LogP contribution in [0.1, 0.15) is 118 Å². The van der Waals surface area contributed by atoms with Crippen molar-refractivity contribution >= 4 is 16.7 Å². The molecule has 0 bridgehead atoms. The number of benzene rings is 2. The quantitative estimate of drug-likeness (QED) is 0.213. The largest absolute Gasteiger partial charge is 0.460 e. The fraction of sp³-hybridized carbons (Fsp3) is 0.683. The van der Waals surface area contributed by atoms with Crippen molar-refractivity contribution in [3.63, 3.8) is 0 Å². The zero-order chi connectivity index (χ0) is 31.3. The minimum absolute atomic E-state index is 0.0840. The smallest absolute Gasteiger partial charge is 0.343 e. The van der Waals surface area contributed by atoms with Gasteiger partial charge >= 0.3 is 5.97 Å². The van der Waals surface area contributed by atoms with Crippen molar-refractivity contribution in [2.75, 3.05) is 7.11 Å². The second kappa shape index (κ2) is 12.2. The fourth-order valence-corrected chi connectivity index (χ4v) is 11.0. The zero-order valence-electron chi connectivity index (χ0n) is 28.7. The first-order valence-corrected chi connectivity index (χ1v) is 17.9. The number of methoxy groups -OCH3 is 1. The number of hydrogen-bond donors (Lipinski definition) is 0. The van der Waals surface area contributed by atoms with Gasteiger partial charge in [0.05, 0.1) is 0 Å². The molecule has 4 aliphatic rings. The van der Waals surface area contributed by atoms with E-state index in [0.717, 1.165) is 71.1 Å². The Hall–Kier alpha value is -2.13. The summed E-state index contributed by atoms with van der Waals surface area (Å²) in [5.74, 6) is 4.75. The predicted octanol–water partition coefficient (Wildman–Crippen LogP) is 10.7. The summed E-state index contributed by atoms with van der Waals surface area (Å²) in [6, 6.07) is 14.3. The highest BCUT2D eigenvalue weighted by Gasteiger charge is 2.59. The molecule has 0 saturated heterocycles. The molecule has 0 aliphatic heterocycles. The minimum atomic E-state index is -1.15. The van der Waals surface area contributed by atoms with E-state index in [4.69, 9.17) is 9.47 Å². The monoisotopic (exact) mass is 598 g/mol. The first-order chi connectivity index (χ1) is 21.0. The van der Waals surface area contributed by atoms with Crippen LogP contribution in [0.4, 0.5) is 0 Å². The number of hydrogen-bond acceptors (Lipinski definition) is 3. The van der Waals surface area contributed by atoms with Crippen LogP contribution < -0.4 is 0 Å². The van der Waals surface area contributed by atoms with Gasteiger partial charge in [0.25, 0.3) is 0 Å². The van der Waals surface area contributed by atoms with Crippen molar-refractivity contribution in [3.8, 4) is 0 Å². The SMILES string of the molecule is COC(C)(C(=O)O[C@H]1CC[C@@]2(C)C(=CC[C@H]3[C@@H]4CC[C@H]([C@H](C)CCCC(C)C)[C@@]4(C)CC[C@@H]32)C1)c1cccc2ccccc12. The number of rotatable bonds is 9. The number of ether oxygens (including phenoxy) is 2. The van der Waals surface area contributed by atoms with Crippen LogP contribution >= 0.6 is 0 Å². The lowest BCUT2D eigenvalue weighted by Crippen LogP contribution is -2.51. The van der Waals surface area contributed by atoms with Gasteiger partial charge in [0, 0.05) is 19.1 Å². The van der Waals surface area contributed by atoms with Gasteiger partial charge in [0.1, 0.15) is 6.10 Å². The Labute approximate surface area is 267 Å². The first-order valence-electron chi connectivity index (χ1n) is 17.9. The summed E-state index contributed by atoms with van der Waals surface area (Å²) in [6.45, 7) is 14.4. The topological polar surface area (TPSA) is 35.5 Å². The Bertz CT molecular complexity index is 1370. The summed E-state index contributed by atoms with van der Waals surface area (Å²) >= 11 is 0. The first kappa shape index (κ1) is 31.8. The van der Waals surface area contributed by atoms with E-state index in [0.29, 0.717) is 5.41 Å². The normalized spacial score (nSPS) is 35.3. The lowest BCUT2D eigenvalue weighted by atomic mass is 9.47. The van der Waals surface area contributed by atoms with Crippen LogP contribution in [0.25, 0.3) is 10.8 Å². The second-order valence-corrected chi connectivity index (χ2v) is 16.3. The van der Waals surface area contributed by atoms with E-state index >= 15 is 0 Å². The third-order valence-corrected chi connectivity index (χ3v) is 13.6. The zero-order valence-corrected chi connectivity index (χ0v) is 28.7. The maximum Gasteiger partial charge on any atom is 0.343 e. The predicted molar refractivity (Wildman–Crippen MR) is 181 cm³/mol. The maximum atomic E-state index is 13.9. The molecule has 0 radical (unpaired) electrons. The van der Waals surface area contributed by atoms with Crippen molar-refractivity contribution in [1.82, 2.24) is 0 Å². The Morgan fingerprint density at radius 2 is 1.73 bits per heavy atom. The van der Waals surface area contributed by atoms with Crippen molar-refractivity contribution in [3.05, 3.63) is 59.7 Å². The molecule has 2 aromatic carbocycles. The summed E-state index contributed by atoms with van der Waals surface area (Å²) in [5.41, 5.74) is 2.05. The standard InChI is InChI=1S/C41H58O3/c1-27(2)12-10-13-28(3)34-20-21-35-33-19-18-30-26-31(22-24-39(30,4)36(33)23-25-40(34,35)5)44-38(42)41(6,43-7)37-17-11-15-29-14-8-9-16-32(29)37/h8-9,11,14-18,27-28,31,33-36H,10,12-13,19-26H2,1-7H3/t28-,31+,33+,34-,35+,36+,39+,40-,41?/m1/s1. The van der Waals surface area contributed by atoms with Gasteiger partial charge in [-0.3, -0.25) is 0 Å². The molecule has 0 heterocycles. The van der Waals surface area contributed by atoms with Gasteiger partial charge in [-0.25, -0.2) is 4.79 Å². The molecule has 44 heavy (non-hydrogen) atoms. The van der Waals surface area contributed by atoms with E-state index in [9.17, 15) is 4.79 Å². The van der Waals surface area contributed by atoms with Crippen molar-refractivity contribution in [2.24, 2.45) is 46.3 Å². The van der Waals surface area contributed by atoms with Gasteiger partial charge in [0.15, 0.2) is 5.60 Å². The van der Waals surface area contributed by atoms with E-state index in [1.54, 1.807) is 12.7 Å². The van der Waals surface area contributed by atoms with Crippen molar-refractivity contribution < 1.29 is 14.3 Å². The van der Waals surface area contributed by atoms with E-state index in [2.05, 4.69) is 58.9 Å². The average molecular weight is 599 g/mol. The Balaban J connectivity index is 1.15. The average Bonchev–Trinajstić information content (AvgIpc) is 3.37. The molecule has 0 spiro atoms. The number of carbonyl (C=O) groups excluding carboxylic acids is 1. The third-order valence-electron chi connectivity index (χ3n) is 13.6. The van der Waals surface area contributed by atoms with Crippen LogP contribution in [-0.4, -0.2) is 19.2 Å². The van der Waals surface area contributed by atoms with E-state index in [1.807, 2.05) is 31.2 Å². The van der Waals surface area contributed by atoms with E-state index < -0.39 is 5.60 Å². The van der Waals surface area contributed by atoms with Crippen LogP contribution in [0.3, 0.4) is 0 Å². The van der Waals surface area contributed by atoms with Gasteiger partial charge in [-0.1, -0.05) is 108 Å².